The van der Waals surface area contributed by atoms with Crippen molar-refractivity contribution in [3.05, 3.63) is 61.6 Å². The number of amides is 1. The summed E-state index contributed by atoms with van der Waals surface area (Å²) >= 11 is 21.7. The summed E-state index contributed by atoms with van der Waals surface area (Å²) in [6.07, 6.45) is 1.67. The molecule has 1 atom stereocenters. The van der Waals surface area contributed by atoms with Gasteiger partial charge in [-0.15, -0.1) is 0 Å². The van der Waals surface area contributed by atoms with Gasteiger partial charge in [0.05, 0.1) is 27.7 Å². The molecule has 0 saturated carbocycles. The normalized spacial score (nSPS) is 13.2. The summed E-state index contributed by atoms with van der Waals surface area (Å²) in [5.41, 5.74) is -0.327. The second-order valence-electron chi connectivity index (χ2n) is 6.15. The largest absolute Gasteiger partial charge is 0.332 e. The molecule has 0 fully saturated rings. The van der Waals surface area contributed by atoms with Crippen LogP contribution in [0.25, 0.3) is 10.9 Å². The second-order valence-corrected chi connectivity index (χ2v) is 8.26. The predicted molar refractivity (Wildman–Crippen MR) is 110 cm³/mol. The molecule has 0 aliphatic carbocycles. The topological polar surface area (TPSA) is 70.7 Å². The molecule has 0 saturated heterocycles. The molecule has 1 amide bonds. The van der Waals surface area contributed by atoms with Crippen LogP contribution in [-0.4, -0.2) is 21.2 Å². The van der Waals surface area contributed by atoms with Gasteiger partial charge in [0.15, 0.2) is 0 Å². The van der Waals surface area contributed by atoms with Crippen molar-refractivity contribution in [1.82, 2.24) is 15.1 Å². The molecule has 0 aliphatic heterocycles. The quantitative estimate of drug-likeness (QED) is 0.497. The van der Waals surface area contributed by atoms with Crippen LogP contribution in [0.2, 0.25) is 15.1 Å². The Balaban J connectivity index is 1.89. The summed E-state index contributed by atoms with van der Waals surface area (Å²) in [5, 5.41) is 18.4. The van der Waals surface area contributed by atoms with E-state index >= 15 is 0 Å². The number of fused-ring (bicyclic) bond motifs is 1. The number of carbonyl (C=O) groups is 1. The average molecular weight is 487 g/mol. The van der Waals surface area contributed by atoms with Crippen molar-refractivity contribution in [3.8, 4) is 6.07 Å². The third kappa shape index (κ3) is 4.22. The van der Waals surface area contributed by atoms with Gasteiger partial charge in [-0.3, -0.25) is 9.48 Å². The Labute approximate surface area is 178 Å². The lowest BCUT2D eigenvalue weighted by Crippen LogP contribution is -2.48. The van der Waals surface area contributed by atoms with Gasteiger partial charge in [0.1, 0.15) is 11.1 Å². The number of aromatic nitrogens is 2. The molecule has 27 heavy (non-hydrogen) atoms. The second kappa shape index (κ2) is 7.69. The molecular formula is C18H12BrCl3N4O. The average Bonchev–Trinajstić information content (AvgIpc) is 3.04. The number of carbonyl (C=O) groups excluding carboxylic acids is 1. The van der Waals surface area contributed by atoms with E-state index in [9.17, 15) is 10.1 Å². The van der Waals surface area contributed by atoms with Gasteiger partial charge in [0.2, 0.25) is 0 Å². The number of hydrogen-bond donors (Lipinski definition) is 1. The Bertz CT molecular complexity index is 1090. The first-order chi connectivity index (χ1) is 12.7. The van der Waals surface area contributed by atoms with E-state index in [1.165, 1.54) is 4.68 Å². The van der Waals surface area contributed by atoms with E-state index in [2.05, 4.69) is 32.4 Å². The van der Waals surface area contributed by atoms with Gasteiger partial charge in [-0.1, -0.05) is 56.8 Å². The summed E-state index contributed by atoms with van der Waals surface area (Å²) in [6.45, 7) is 1.72. The summed E-state index contributed by atoms with van der Waals surface area (Å²) < 4.78 is 2.29. The number of rotatable bonds is 4. The van der Waals surface area contributed by atoms with Crippen molar-refractivity contribution in [1.29, 1.82) is 5.26 Å². The molecule has 1 aromatic heterocycles. The first-order valence-corrected chi connectivity index (χ1v) is 9.65. The maximum atomic E-state index is 12.5. The predicted octanol–water partition coefficient (Wildman–Crippen LogP) is 5.47. The van der Waals surface area contributed by atoms with E-state index in [0.29, 0.717) is 26.5 Å². The number of nitriles is 1. The Morgan fingerprint density at radius 2 is 2.07 bits per heavy atom. The maximum absolute atomic E-state index is 12.5. The third-order valence-corrected chi connectivity index (χ3v) is 5.47. The smallest absolute Gasteiger partial charge is 0.252 e. The lowest BCUT2D eigenvalue weighted by molar-refractivity contribution is 0.0917. The number of hydrogen-bond acceptors (Lipinski definition) is 3. The van der Waals surface area contributed by atoms with Crippen LogP contribution in [0.4, 0.5) is 0 Å². The molecule has 3 aromatic rings. The Morgan fingerprint density at radius 1 is 1.33 bits per heavy atom. The number of halogens is 4. The Hall–Kier alpha value is -1.78. The van der Waals surface area contributed by atoms with E-state index in [-0.39, 0.29) is 17.5 Å². The highest BCUT2D eigenvalue weighted by Gasteiger charge is 2.28. The summed E-state index contributed by atoms with van der Waals surface area (Å²) in [5.74, 6) is -0.365. The van der Waals surface area contributed by atoms with E-state index in [1.807, 2.05) is 6.07 Å². The lowest BCUT2D eigenvalue weighted by atomic mass is 10.0. The van der Waals surface area contributed by atoms with Gasteiger partial charge in [-0.2, -0.15) is 10.4 Å². The lowest BCUT2D eigenvalue weighted by Gasteiger charge is -2.23. The van der Waals surface area contributed by atoms with E-state index in [0.717, 1.165) is 4.47 Å². The van der Waals surface area contributed by atoms with Crippen LogP contribution in [0.3, 0.4) is 0 Å². The zero-order valence-electron chi connectivity index (χ0n) is 13.9. The minimum Gasteiger partial charge on any atom is -0.332 e. The molecule has 1 N–H and O–H groups in total. The summed E-state index contributed by atoms with van der Waals surface area (Å²) in [6, 6.07) is 10.6. The van der Waals surface area contributed by atoms with Crippen molar-refractivity contribution in [2.45, 2.75) is 19.0 Å². The highest BCUT2D eigenvalue weighted by Crippen LogP contribution is 2.35. The van der Waals surface area contributed by atoms with E-state index in [1.54, 1.807) is 37.4 Å². The maximum Gasteiger partial charge on any atom is 0.252 e. The van der Waals surface area contributed by atoms with Crippen LogP contribution < -0.4 is 5.32 Å². The molecule has 2 aromatic carbocycles. The third-order valence-electron chi connectivity index (χ3n) is 3.89. The zero-order chi connectivity index (χ0) is 19.8. The molecule has 0 spiro atoms. The van der Waals surface area contributed by atoms with Crippen LogP contribution in [0.1, 0.15) is 17.3 Å². The zero-order valence-corrected chi connectivity index (χ0v) is 17.8. The standard InChI is InChI=1S/C18H12BrCl3N4O/c1-18(8-23,24-17(27)10-3-2-4-11(19)5-10)9-26-7-12-13(20)6-14(21)15(22)16(12)25-26/h2-7H,9H2,1H3,(H,24,27). The van der Waals surface area contributed by atoms with Gasteiger partial charge in [-0.25, -0.2) is 0 Å². The van der Waals surface area contributed by atoms with Crippen molar-refractivity contribution in [2.24, 2.45) is 0 Å². The molecule has 138 valence electrons. The van der Waals surface area contributed by atoms with Crippen LogP contribution in [0.5, 0.6) is 0 Å². The number of nitrogens with one attached hydrogen (secondary N) is 1. The summed E-state index contributed by atoms with van der Waals surface area (Å²) in [4.78, 5) is 12.5. The fourth-order valence-corrected chi connectivity index (χ4v) is 3.68. The van der Waals surface area contributed by atoms with Crippen LogP contribution in [0, 0.1) is 11.3 Å². The first kappa shape index (κ1) is 20.0. The number of benzene rings is 2. The minimum atomic E-state index is -1.20. The van der Waals surface area contributed by atoms with Gasteiger partial charge >= 0.3 is 0 Å². The van der Waals surface area contributed by atoms with Crippen molar-refractivity contribution in [2.75, 3.05) is 0 Å². The van der Waals surface area contributed by atoms with Crippen LogP contribution in [-0.2, 0) is 6.54 Å². The minimum absolute atomic E-state index is 0.0994. The van der Waals surface area contributed by atoms with Crippen molar-refractivity contribution < 1.29 is 4.79 Å². The van der Waals surface area contributed by atoms with Crippen LogP contribution in [0.15, 0.2) is 41.0 Å². The first-order valence-electron chi connectivity index (χ1n) is 7.72. The molecule has 0 radical (unpaired) electrons. The highest BCUT2D eigenvalue weighted by atomic mass is 79.9. The summed E-state index contributed by atoms with van der Waals surface area (Å²) in [7, 11) is 0. The number of nitrogens with zero attached hydrogens (tertiary/aromatic N) is 3. The van der Waals surface area contributed by atoms with Gasteiger partial charge in [-0.05, 0) is 31.2 Å². The highest BCUT2D eigenvalue weighted by molar-refractivity contribution is 9.10. The van der Waals surface area contributed by atoms with Crippen LogP contribution >= 0.6 is 50.7 Å². The van der Waals surface area contributed by atoms with E-state index < -0.39 is 5.54 Å². The molecule has 9 heteroatoms. The molecule has 1 heterocycles. The fraction of sp³-hybridized carbons (Fsp3) is 0.167. The molecule has 1 unspecified atom stereocenters. The Kier molecular flexibility index (Phi) is 5.68. The molecule has 0 aliphatic rings. The molecule has 0 bridgehead atoms. The SMILES string of the molecule is CC(C#N)(Cn1cc2c(Cl)cc(Cl)c(Cl)c2n1)NC(=O)c1cccc(Br)c1. The van der Waals surface area contributed by atoms with E-state index in [4.69, 9.17) is 34.8 Å². The van der Waals surface area contributed by atoms with Gasteiger partial charge in [0, 0.05) is 21.6 Å². The molecular weight excluding hydrogens is 474 g/mol. The van der Waals surface area contributed by atoms with Crippen molar-refractivity contribution >= 4 is 67.5 Å². The molecule has 5 nitrogen and oxygen atoms in total. The van der Waals surface area contributed by atoms with Gasteiger partial charge < -0.3 is 5.32 Å². The van der Waals surface area contributed by atoms with Gasteiger partial charge in [0.25, 0.3) is 5.91 Å². The Morgan fingerprint density at radius 3 is 2.74 bits per heavy atom. The van der Waals surface area contributed by atoms with Crippen molar-refractivity contribution in [3.63, 3.8) is 0 Å². The monoisotopic (exact) mass is 484 g/mol. The fourth-order valence-electron chi connectivity index (χ4n) is 2.58. The molecule has 3 rings (SSSR count).